The van der Waals surface area contributed by atoms with Gasteiger partial charge < -0.3 is 20.9 Å². The van der Waals surface area contributed by atoms with Gasteiger partial charge in [0.05, 0.1) is 19.9 Å². The highest BCUT2D eigenvalue weighted by molar-refractivity contribution is 9.10. The van der Waals surface area contributed by atoms with E-state index in [1.54, 1.807) is 13.2 Å². The number of hydrogen-bond donors (Lipinski definition) is 2. The molecule has 0 fully saturated rings. The van der Waals surface area contributed by atoms with E-state index in [0.717, 1.165) is 16.5 Å². The zero-order valence-electron chi connectivity index (χ0n) is 10.9. The normalized spacial score (nSPS) is 10.5. The molecule has 0 bridgehead atoms. The molecule has 0 atom stereocenters. The highest BCUT2D eigenvalue weighted by atomic mass is 79.9. The topological polar surface area (TPSA) is 95.2 Å². The van der Waals surface area contributed by atoms with Crippen molar-refractivity contribution in [3.63, 3.8) is 0 Å². The standard InChI is InChI=1S/C12H17BrN4O2/c1-3-4-19-11-6-9(13)8(5-10(11)18-2)7-16-17-12(14)15/h5-7H,3-4H2,1-2H3,(H4,14,15,17). The molecule has 0 amide bonds. The molecule has 0 aliphatic heterocycles. The Morgan fingerprint density at radius 1 is 1.37 bits per heavy atom. The lowest BCUT2D eigenvalue weighted by Crippen LogP contribution is -2.21. The summed E-state index contributed by atoms with van der Waals surface area (Å²) in [6.07, 6.45) is 2.45. The van der Waals surface area contributed by atoms with Gasteiger partial charge in [-0.25, -0.2) is 0 Å². The maximum atomic E-state index is 5.59. The van der Waals surface area contributed by atoms with Crippen LogP contribution >= 0.6 is 15.9 Å². The molecule has 1 aromatic rings. The average molecular weight is 329 g/mol. The zero-order valence-corrected chi connectivity index (χ0v) is 12.5. The van der Waals surface area contributed by atoms with Gasteiger partial charge in [-0.2, -0.15) is 5.10 Å². The molecule has 0 aromatic heterocycles. The molecule has 104 valence electrons. The van der Waals surface area contributed by atoms with Crippen molar-refractivity contribution in [1.82, 2.24) is 0 Å². The summed E-state index contributed by atoms with van der Waals surface area (Å²) < 4.78 is 11.7. The Hall–Kier alpha value is -1.76. The molecule has 1 rings (SSSR count). The second kappa shape index (κ2) is 7.63. The van der Waals surface area contributed by atoms with Gasteiger partial charge in [-0.15, -0.1) is 5.10 Å². The van der Waals surface area contributed by atoms with Crippen molar-refractivity contribution < 1.29 is 9.47 Å². The Kier molecular flexibility index (Phi) is 6.14. The maximum Gasteiger partial charge on any atom is 0.211 e. The van der Waals surface area contributed by atoms with Crippen molar-refractivity contribution in [2.45, 2.75) is 13.3 Å². The molecule has 1 aromatic carbocycles. The number of benzene rings is 1. The SMILES string of the molecule is CCCOc1cc(Br)c(C=NN=C(N)N)cc1OC. The van der Waals surface area contributed by atoms with Gasteiger partial charge in [0.1, 0.15) is 0 Å². The van der Waals surface area contributed by atoms with Gasteiger partial charge in [-0.05, 0) is 34.5 Å². The fourth-order valence-corrected chi connectivity index (χ4v) is 1.72. The zero-order chi connectivity index (χ0) is 14.3. The van der Waals surface area contributed by atoms with Crippen molar-refractivity contribution in [1.29, 1.82) is 0 Å². The van der Waals surface area contributed by atoms with Gasteiger partial charge in [0, 0.05) is 10.0 Å². The molecule has 0 heterocycles. The molecule has 0 unspecified atom stereocenters. The van der Waals surface area contributed by atoms with E-state index in [9.17, 15) is 0 Å². The van der Waals surface area contributed by atoms with Crippen molar-refractivity contribution in [2.75, 3.05) is 13.7 Å². The molecule has 19 heavy (non-hydrogen) atoms. The molecule has 0 saturated heterocycles. The molecule has 0 spiro atoms. The van der Waals surface area contributed by atoms with Crippen LogP contribution in [0.3, 0.4) is 0 Å². The summed E-state index contributed by atoms with van der Waals surface area (Å²) in [4.78, 5) is 0. The molecule has 0 radical (unpaired) electrons. The largest absolute Gasteiger partial charge is 0.493 e. The minimum atomic E-state index is -0.0952. The lowest BCUT2D eigenvalue weighted by atomic mass is 10.2. The minimum Gasteiger partial charge on any atom is -0.493 e. The fraction of sp³-hybridized carbons (Fsp3) is 0.333. The van der Waals surface area contributed by atoms with Gasteiger partial charge in [-0.3, -0.25) is 0 Å². The van der Waals surface area contributed by atoms with E-state index in [-0.39, 0.29) is 5.96 Å². The van der Waals surface area contributed by atoms with E-state index in [1.165, 1.54) is 6.21 Å². The summed E-state index contributed by atoms with van der Waals surface area (Å²) >= 11 is 3.43. The van der Waals surface area contributed by atoms with Crippen molar-refractivity contribution >= 4 is 28.1 Å². The monoisotopic (exact) mass is 328 g/mol. The van der Waals surface area contributed by atoms with Crippen LogP contribution in [0.5, 0.6) is 11.5 Å². The highest BCUT2D eigenvalue weighted by Crippen LogP contribution is 2.33. The first-order valence-corrected chi connectivity index (χ1v) is 6.50. The Balaban J connectivity index is 3.02. The van der Waals surface area contributed by atoms with Crippen molar-refractivity contribution in [3.8, 4) is 11.5 Å². The molecule has 4 N–H and O–H groups in total. The summed E-state index contributed by atoms with van der Waals surface area (Å²) in [5.41, 5.74) is 11.2. The third-order valence-electron chi connectivity index (χ3n) is 2.11. The van der Waals surface area contributed by atoms with Crippen LogP contribution in [0.1, 0.15) is 18.9 Å². The van der Waals surface area contributed by atoms with E-state index in [2.05, 4.69) is 26.1 Å². The summed E-state index contributed by atoms with van der Waals surface area (Å²) in [6, 6.07) is 3.62. The van der Waals surface area contributed by atoms with Crippen LogP contribution in [0.25, 0.3) is 0 Å². The predicted octanol–water partition coefficient (Wildman–Crippen LogP) is 1.85. The third kappa shape index (κ3) is 4.78. The van der Waals surface area contributed by atoms with Gasteiger partial charge >= 0.3 is 0 Å². The Morgan fingerprint density at radius 3 is 2.68 bits per heavy atom. The van der Waals surface area contributed by atoms with Crippen LogP contribution in [-0.4, -0.2) is 25.9 Å². The molecular weight excluding hydrogens is 312 g/mol. The summed E-state index contributed by atoms with van der Waals surface area (Å²) in [6.45, 7) is 2.67. The second-order valence-electron chi connectivity index (χ2n) is 3.64. The number of ether oxygens (including phenoxy) is 2. The number of halogens is 1. The van der Waals surface area contributed by atoms with Gasteiger partial charge in [0.15, 0.2) is 11.5 Å². The lowest BCUT2D eigenvalue weighted by molar-refractivity contribution is 0.294. The van der Waals surface area contributed by atoms with Gasteiger partial charge in [-0.1, -0.05) is 6.92 Å². The van der Waals surface area contributed by atoms with E-state index >= 15 is 0 Å². The number of hydrogen-bond acceptors (Lipinski definition) is 4. The van der Waals surface area contributed by atoms with Crippen LogP contribution in [0, 0.1) is 0 Å². The number of rotatable bonds is 6. The molecule has 7 heteroatoms. The van der Waals surface area contributed by atoms with E-state index in [1.807, 2.05) is 13.0 Å². The average Bonchev–Trinajstić information content (AvgIpc) is 2.38. The van der Waals surface area contributed by atoms with Crippen molar-refractivity contribution in [3.05, 3.63) is 22.2 Å². The number of nitrogens with zero attached hydrogens (tertiary/aromatic N) is 2. The van der Waals surface area contributed by atoms with Crippen LogP contribution in [0.4, 0.5) is 0 Å². The number of guanidine groups is 1. The summed E-state index contributed by atoms with van der Waals surface area (Å²) in [5, 5.41) is 7.29. The van der Waals surface area contributed by atoms with Crippen LogP contribution in [0.15, 0.2) is 26.8 Å². The van der Waals surface area contributed by atoms with Crippen molar-refractivity contribution in [2.24, 2.45) is 21.7 Å². The quantitative estimate of drug-likeness (QED) is 0.473. The van der Waals surface area contributed by atoms with E-state index in [4.69, 9.17) is 20.9 Å². The first-order valence-electron chi connectivity index (χ1n) is 5.70. The molecular formula is C12H17BrN4O2. The van der Waals surface area contributed by atoms with Gasteiger partial charge in [0.25, 0.3) is 0 Å². The predicted molar refractivity (Wildman–Crippen MR) is 79.9 cm³/mol. The molecule has 6 nitrogen and oxygen atoms in total. The third-order valence-corrected chi connectivity index (χ3v) is 2.80. The van der Waals surface area contributed by atoms with E-state index in [0.29, 0.717) is 18.1 Å². The minimum absolute atomic E-state index is 0.0952. The lowest BCUT2D eigenvalue weighted by Gasteiger charge is -2.11. The first kappa shape index (κ1) is 15.3. The maximum absolute atomic E-state index is 5.59. The summed E-state index contributed by atoms with van der Waals surface area (Å²) in [5.74, 6) is 1.21. The van der Waals surface area contributed by atoms with Crippen LogP contribution in [0.2, 0.25) is 0 Å². The Morgan fingerprint density at radius 2 is 2.11 bits per heavy atom. The fourth-order valence-electron chi connectivity index (χ4n) is 1.29. The number of nitrogens with two attached hydrogens (primary N) is 2. The molecule has 0 aliphatic rings. The highest BCUT2D eigenvalue weighted by Gasteiger charge is 2.09. The molecule has 0 aliphatic carbocycles. The number of methoxy groups -OCH3 is 1. The van der Waals surface area contributed by atoms with Gasteiger partial charge in [0.2, 0.25) is 5.96 Å². The first-order chi connectivity index (χ1) is 9.08. The van der Waals surface area contributed by atoms with Crippen LogP contribution < -0.4 is 20.9 Å². The molecule has 0 saturated carbocycles. The smallest absolute Gasteiger partial charge is 0.211 e. The van der Waals surface area contributed by atoms with E-state index < -0.39 is 0 Å². The Labute approximate surface area is 120 Å². The second-order valence-corrected chi connectivity index (χ2v) is 4.50. The Bertz CT molecular complexity index is 485. The summed E-state index contributed by atoms with van der Waals surface area (Å²) in [7, 11) is 1.58. The van der Waals surface area contributed by atoms with Crippen LogP contribution in [-0.2, 0) is 0 Å².